The van der Waals surface area contributed by atoms with Crippen LogP contribution in [0.1, 0.15) is 33.4 Å². The molecule has 0 radical (unpaired) electrons. The van der Waals surface area contributed by atoms with E-state index in [1.807, 2.05) is 109 Å². The van der Waals surface area contributed by atoms with Crippen LogP contribution in [0.5, 0.6) is 34.5 Å². The summed E-state index contributed by atoms with van der Waals surface area (Å²) in [6.07, 6.45) is 0. The van der Waals surface area contributed by atoms with Gasteiger partial charge in [-0.1, -0.05) is 90.1 Å². The summed E-state index contributed by atoms with van der Waals surface area (Å²) in [4.78, 5) is 0. The second-order valence-electron chi connectivity index (χ2n) is 11.7. The van der Waals surface area contributed by atoms with Crippen LogP contribution in [-0.2, 0) is 0 Å². The highest BCUT2D eigenvalue weighted by molar-refractivity contribution is 6.01. The fourth-order valence-electron chi connectivity index (χ4n) is 5.38. The first-order valence-corrected chi connectivity index (χ1v) is 16.3. The average molecular weight is 675 g/mol. The number of anilines is 2. The molecule has 0 amide bonds. The van der Waals surface area contributed by atoms with Gasteiger partial charge in [-0.25, -0.2) is 0 Å². The van der Waals surface area contributed by atoms with Crippen molar-refractivity contribution >= 4 is 22.1 Å². The van der Waals surface area contributed by atoms with Crippen LogP contribution in [-0.4, -0.2) is 10.2 Å². The van der Waals surface area contributed by atoms with E-state index in [1.165, 1.54) is 12.1 Å². The van der Waals surface area contributed by atoms with Crippen molar-refractivity contribution in [3.63, 3.8) is 0 Å². The van der Waals surface area contributed by atoms with E-state index >= 15 is 0 Å². The first-order valence-electron chi connectivity index (χ1n) is 16.3. The van der Waals surface area contributed by atoms with Crippen molar-refractivity contribution < 1.29 is 19.7 Å². The lowest BCUT2D eigenvalue weighted by molar-refractivity contribution is 0.466. The number of hydrogen-bond acceptors (Lipinski definition) is 6. The zero-order valence-electron chi connectivity index (χ0n) is 27.7. The largest absolute Gasteiger partial charge is 0.506 e. The minimum absolute atomic E-state index is 0.0571. The molecule has 0 aliphatic carbocycles. The molecule has 0 aliphatic heterocycles. The van der Waals surface area contributed by atoms with Gasteiger partial charge < -0.3 is 31.2 Å². The van der Waals surface area contributed by atoms with Gasteiger partial charge in [0.2, 0.25) is 0 Å². The molecule has 0 saturated carbocycles. The first kappa shape index (κ1) is 32.8. The lowest BCUT2D eigenvalue weighted by atomic mass is 9.95. The van der Waals surface area contributed by atoms with Crippen LogP contribution in [0.2, 0.25) is 0 Å². The number of phenols is 2. The molecule has 0 fully saturated rings. The van der Waals surface area contributed by atoms with Crippen molar-refractivity contribution in [2.75, 3.05) is 11.5 Å². The van der Waals surface area contributed by atoms with E-state index < -0.39 is 0 Å². The van der Waals surface area contributed by atoms with Crippen LogP contribution in [0.3, 0.4) is 0 Å². The van der Waals surface area contributed by atoms with Gasteiger partial charge in [0.15, 0.2) is 11.5 Å². The maximum absolute atomic E-state index is 10.2. The lowest BCUT2D eigenvalue weighted by Gasteiger charge is -2.18. The van der Waals surface area contributed by atoms with Crippen molar-refractivity contribution in [3.8, 4) is 70.0 Å². The van der Waals surface area contributed by atoms with E-state index in [-0.39, 0.29) is 22.9 Å². The Morgan fingerprint density at radius 2 is 0.846 bits per heavy atom. The lowest BCUT2D eigenvalue weighted by Crippen LogP contribution is -1.98. The minimum Gasteiger partial charge on any atom is -0.506 e. The Morgan fingerprint density at radius 1 is 0.404 bits per heavy atom. The highest BCUT2D eigenvalue weighted by atomic mass is 16.5. The molecule has 0 aliphatic rings. The Bertz CT molecular complexity index is 2620. The van der Waals surface area contributed by atoms with E-state index in [0.29, 0.717) is 50.5 Å². The Kier molecular flexibility index (Phi) is 9.34. The quantitative estimate of drug-likeness (QED) is 0.0842. The summed E-state index contributed by atoms with van der Waals surface area (Å²) in [7, 11) is 0. The number of aromatic hydroxyl groups is 2. The molecule has 0 aromatic heterocycles. The summed E-state index contributed by atoms with van der Waals surface area (Å²) in [6.45, 7) is 0. The Morgan fingerprint density at radius 3 is 1.33 bits per heavy atom. The van der Waals surface area contributed by atoms with Crippen LogP contribution in [0.25, 0.3) is 10.8 Å². The molecule has 6 heteroatoms. The number of hydrogen-bond donors (Lipinski definition) is 4. The van der Waals surface area contributed by atoms with Gasteiger partial charge in [0.1, 0.15) is 23.0 Å². The first-order chi connectivity index (χ1) is 25.4. The molecule has 0 atom stereocenters. The molecule has 248 valence electrons. The molecular formula is C46H30N2O4. The van der Waals surface area contributed by atoms with Crippen LogP contribution >= 0.6 is 0 Å². The zero-order chi connectivity index (χ0) is 35.9. The van der Waals surface area contributed by atoms with Gasteiger partial charge in [-0.15, -0.1) is 0 Å². The fraction of sp³-hybridized carbons (Fsp3) is 0. The molecule has 0 heterocycles. The standard InChI is InChI=1S/C46H30N2O4/c47-40-29-37(23-26-42(40)49)51-45-36(21-18-33-14-8-3-9-15-33)28-35(20-17-32-12-6-2-7-13-32)44-39(45)25-22-34(19-16-31-10-4-1-5-11-31)46(44)52-38-24-27-43(50)41(48)30-38/h1-15,22-30,49-50H,47-48H2. The van der Waals surface area contributed by atoms with E-state index in [2.05, 4.69) is 35.5 Å². The summed E-state index contributed by atoms with van der Waals surface area (Å²) >= 11 is 0. The smallest absolute Gasteiger partial charge is 0.152 e. The number of ether oxygens (including phenoxy) is 2. The van der Waals surface area contributed by atoms with E-state index in [9.17, 15) is 10.2 Å². The van der Waals surface area contributed by atoms with E-state index in [0.717, 1.165) is 16.7 Å². The average Bonchev–Trinajstić information content (AvgIpc) is 3.17. The van der Waals surface area contributed by atoms with E-state index in [4.69, 9.17) is 20.9 Å². The van der Waals surface area contributed by atoms with Crippen LogP contribution in [0, 0.1) is 35.5 Å². The molecule has 6 nitrogen and oxygen atoms in total. The van der Waals surface area contributed by atoms with Crippen LogP contribution in [0.15, 0.2) is 146 Å². The third-order valence-corrected chi connectivity index (χ3v) is 7.99. The van der Waals surface area contributed by atoms with Gasteiger partial charge in [0, 0.05) is 45.2 Å². The molecule has 7 aromatic carbocycles. The van der Waals surface area contributed by atoms with Crippen molar-refractivity contribution in [2.24, 2.45) is 0 Å². The zero-order valence-corrected chi connectivity index (χ0v) is 27.7. The third kappa shape index (κ3) is 7.46. The summed E-state index contributed by atoms with van der Waals surface area (Å²) < 4.78 is 13.2. The van der Waals surface area contributed by atoms with Gasteiger partial charge in [-0.2, -0.15) is 0 Å². The molecule has 7 rings (SSSR count). The second-order valence-corrected chi connectivity index (χ2v) is 11.7. The Hall–Kier alpha value is -7.72. The number of benzene rings is 7. The SMILES string of the molecule is Nc1cc(Oc2c(C#Cc3ccccc3)cc(C#Cc3ccccc3)c3c(Oc4ccc(O)c(N)c4)c(C#Cc4ccccc4)ccc23)ccc1O. The van der Waals surface area contributed by atoms with Gasteiger partial charge in [-0.3, -0.25) is 0 Å². The number of phenolic OH excluding ortho intramolecular Hbond substituents is 2. The molecule has 7 aromatic rings. The highest BCUT2D eigenvalue weighted by Crippen LogP contribution is 2.44. The van der Waals surface area contributed by atoms with E-state index in [1.54, 1.807) is 24.3 Å². The minimum atomic E-state index is -0.0609. The predicted octanol–water partition coefficient (Wildman–Crippen LogP) is 9.20. The normalized spacial score (nSPS) is 10.2. The Labute approximate surface area is 301 Å². The summed E-state index contributed by atoms with van der Waals surface area (Å²) in [5, 5.41) is 21.6. The van der Waals surface area contributed by atoms with Crippen LogP contribution in [0.4, 0.5) is 11.4 Å². The van der Waals surface area contributed by atoms with Gasteiger partial charge in [0.05, 0.1) is 22.5 Å². The third-order valence-electron chi connectivity index (χ3n) is 7.99. The van der Waals surface area contributed by atoms with Crippen LogP contribution < -0.4 is 20.9 Å². The number of fused-ring (bicyclic) bond motifs is 1. The molecule has 52 heavy (non-hydrogen) atoms. The van der Waals surface area contributed by atoms with Crippen molar-refractivity contribution in [1.82, 2.24) is 0 Å². The predicted molar refractivity (Wildman–Crippen MR) is 206 cm³/mol. The molecule has 0 bridgehead atoms. The number of rotatable bonds is 4. The van der Waals surface area contributed by atoms with Gasteiger partial charge >= 0.3 is 0 Å². The Balaban J connectivity index is 1.54. The molecule has 6 N–H and O–H groups in total. The number of nitrogens with two attached hydrogens (primary N) is 2. The fourth-order valence-corrected chi connectivity index (χ4v) is 5.38. The molecule has 0 spiro atoms. The van der Waals surface area contributed by atoms with Crippen molar-refractivity contribution in [3.05, 3.63) is 179 Å². The topological polar surface area (TPSA) is 111 Å². The molecule has 0 saturated heterocycles. The molecule has 0 unspecified atom stereocenters. The highest BCUT2D eigenvalue weighted by Gasteiger charge is 2.20. The number of nitrogen functional groups attached to an aromatic ring is 2. The summed E-state index contributed by atoms with van der Waals surface area (Å²) in [6, 6.07) is 43.9. The summed E-state index contributed by atoms with van der Waals surface area (Å²) in [5.74, 6) is 21.3. The van der Waals surface area contributed by atoms with Crippen molar-refractivity contribution in [2.45, 2.75) is 0 Å². The monoisotopic (exact) mass is 674 g/mol. The van der Waals surface area contributed by atoms with Crippen molar-refractivity contribution in [1.29, 1.82) is 0 Å². The second kappa shape index (κ2) is 14.8. The van der Waals surface area contributed by atoms with Gasteiger partial charge in [-0.05, 0) is 78.9 Å². The van der Waals surface area contributed by atoms with Gasteiger partial charge in [0.25, 0.3) is 0 Å². The summed E-state index contributed by atoms with van der Waals surface area (Å²) in [5.41, 5.74) is 16.7. The maximum atomic E-state index is 10.2. The molecular weight excluding hydrogens is 645 g/mol. The maximum Gasteiger partial charge on any atom is 0.152 e.